The Morgan fingerprint density at radius 3 is 3.00 bits per heavy atom. The van der Waals surface area contributed by atoms with Crippen LogP contribution in [0.4, 0.5) is 0 Å². The number of thiazole rings is 1. The van der Waals surface area contributed by atoms with E-state index in [1.807, 2.05) is 6.92 Å². The normalized spacial score (nSPS) is 10.7. The molecule has 96 valence electrons. The maximum atomic E-state index is 10.6. The summed E-state index contributed by atoms with van der Waals surface area (Å²) in [5.41, 5.74) is 0.708. The highest BCUT2D eigenvalue weighted by molar-refractivity contribution is 7.11. The van der Waals surface area contributed by atoms with Crippen molar-refractivity contribution in [1.29, 1.82) is 0 Å². The van der Waals surface area contributed by atoms with E-state index in [4.69, 9.17) is 9.52 Å². The number of rotatable bonds is 6. The predicted octanol–water partition coefficient (Wildman–Crippen LogP) is 1.68. The number of oxazole rings is 1. The number of aromatic nitrogens is 2. The van der Waals surface area contributed by atoms with Crippen LogP contribution in [0.3, 0.4) is 0 Å². The molecule has 0 spiro atoms. The molecule has 2 aromatic rings. The van der Waals surface area contributed by atoms with E-state index < -0.39 is 5.97 Å². The molecule has 0 aliphatic rings. The van der Waals surface area contributed by atoms with E-state index in [2.05, 4.69) is 15.3 Å². The fraction of sp³-hybridized carbons (Fsp3) is 0.364. The number of carboxylic acids is 1. The van der Waals surface area contributed by atoms with Gasteiger partial charge in [0.1, 0.15) is 5.76 Å². The van der Waals surface area contributed by atoms with Gasteiger partial charge in [-0.05, 0) is 0 Å². The summed E-state index contributed by atoms with van der Waals surface area (Å²) >= 11 is 1.12. The standard InChI is InChI=1S/C11H13N3O3S/c1-2-8-4-13-9(17-8)5-12-3-7-6-18-10(14-7)11(15)16/h4,6,12H,2-3,5H2,1H3,(H,15,16). The first-order valence-corrected chi connectivity index (χ1v) is 6.39. The summed E-state index contributed by atoms with van der Waals surface area (Å²) in [6.45, 7) is 2.99. The number of aromatic carboxylic acids is 1. The van der Waals surface area contributed by atoms with E-state index >= 15 is 0 Å². The van der Waals surface area contributed by atoms with Crippen molar-refractivity contribution in [2.24, 2.45) is 0 Å². The molecular weight excluding hydrogens is 254 g/mol. The molecule has 0 fully saturated rings. The molecule has 2 heterocycles. The SMILES string of the molecule is CCc1cnc(CNCc2csc(C(=O)O)n2)o1. The monoisotopic (exact) mass is 267 g/mol. The molecule has 0 aliphatic heterocycles. The second-order valence-electron chi connectivity index (χ2n) is 3.63. The van der Waals surface area contributed by atoms with E-state index in [1.54, 1.807) is 11.6 Å². The molecular formula is C11H13N3O3S. The summed E-state index contributed by atoms with van der Waals surface area (Å²) < 4.78 is 5.43. The molecule has 2 aromatic heterocycles. The van der Waals surface area contributed by atoms with Crippen molar-refractivity contribution in [3.8, 4) is 0 Å². The van der Waals surface area contributed by atoms with Crippen LogP contribution in [-0.4, -0.2) is 21.0 Å². The Balaban J connectivity index is 1.82. The lowest BCUT2D eigenvalue weighted by atomic mass is 10.4. The summed E-state index contributed by atoms with van der Waals surface area (Å²) in [7, 11) is 0. The molecule has 0 atom stereocenters. The van der Waals surface area contributed by atoms with Gasteiger partial charge in [-0.1, -0.05) is 6.92 Å². The Kier molecular flexibility index (Phi) is 4.06. The highest BCUT2D eigenvalue weighted by Gasteiger charge is 2.08. The van der Waals surface area contributed by atoms with Gasteiger partial charge in [-0.25, -0.2) is 14.8 Å². The number of aryl methyl sites for hydroxylation is 1. The summed E-state index contributed by atoms with van der Waals surface area (Å²) in [4.78, 5) is 18.7. The van der Waals surface area contributed by atoms with Gasteiger partial charge in [-0.3, -0.25) is 0 Å². The molecule has 0 amide bonds. The number of nitrogens with zero attached hydrogens (tertiary/aromatic N) is 2. The lowest BCUT2D eigenvalue weighted by molar-refractivity contribution is 0.0696. The molecule has 18 heavy (non-hydrogen) atoms. The number of carboxylic acid groups (broad SMARTS) is 1. The molecule has 7 heteroatoms. The molecule has 2 N–H and O–H groups in total. The molecule has 0 aromatic carbocycles. The van der Waals surface area contributed by atoms with Gasteiger partial charge < -0.3 is 14.8 Å². The minimum absolute atomic E-state index is 0.108. The van der Waals surface area contributed by atoms with Crippen LogP contribution in [0.2, 0.25) is 0 Å². The second kappa shape index (κ2) is 5.74. The first-order valence-electron chi connectivity index (χ1n) is 5.51. The van der Waals surface area contributed by atoms with Gasteiger partial charge in [-0.2, -0.15) is 0 Å². The number of nitrogens with one attached hydrogen (secondary N) is 1. The Morgan fingerprint density at radius 2 is 2.39 bits per heavy atom. The van der Waals surface area contributed by atoms with Crippen LogP contribution in [-0.2, 0) is 19.5 Å². The average Bonchev–Trinajstić information content (AvgIpc) is 2.97. The lowest BCUT2D eigenvalue weighted by Crippen LogP contribution is -2.13. The lowest BCUT2D eigenvalue weighted by Gasteiger charge is -1.98. The molecule has 0 radical (unpaired) electrons. The maximum absolute atomic E-state index is 10.6. The van der Waals surface area contributed by atoms with Crippen molar-refractivity contribution < 1.29 is 14.3 Å². The van der Waals surface area contributed by atoms with E-state index in [-0.39, 0.29) is 5.01 Å². The van der Waals surface area contributed by atoms with Crippen LogP contribution in [0.15, 0.2) is 16.0 Å². The second-order valence-corrected chi connectivity index (χ2v) is 4.48. The molecule has 0 saturated carbocycles. The minimum atomic E-state index is -0.994. The fourth-order valence-electron chi connectivity index (χ4n) is 1.38. The molecule has 6 nitrogen and oxygen atoms in total. The van der Waals surface area contributed by atoms with Crippen LogP contribution in [0, 0.1) is 0 Å². The molecule has 2 rings (SSSR count). The Bertz CT molecular complexity index is 535. The van der Waals surface area contributed by atoms with Gasteiger partial charge in [0.05, 0.1) is 18.4 Å². The molecule has 0 bridgehead atoms. The average molecular weight is 267 g/mol. The van der Waals surface area contributed by atoms with Gasteiger partial charge in [0.2, 0.25) is 10.9 Å². The van der Waals surface area contributed by atoms with Crippen LogP contribution in [0.1, 0.15) is 34.1 Å². The zero-order chi connectivity index (χ0) is 13.0. The number of hydrogen-bond acceptors (Lipinski definition) is 6. The topological polar surface area (TPSA) is 88.2 Å². The smallest absolute Gasteiger partial charge is 0.365 e. The molecule has 0 unspecified atom stereocenters. The Morgan fingerprint density at radius 1 is 1.56 bits per heavy atom. The maximum Gasteiger partial charge on any atom is 0.365 e. The zero-order valence-corrected chi connectivity index (χ0v) is 10.7. The third kappa shape index (κ3) is 3.14. The van der Waals surface area contributed by atoms with Crippen LogP contribution >= 0.6 is 11.3 Å². The largest absolute Gasteiger partial charge is 0.476 e. The highest BCUT2D eigenvalue weighted by atomic mass is 32.1. The Labute approximate surface area is 108 Å². The number of hydrogen-bond donors (Lipinski definition) is 2. The third-order valence-electron chi connectivity index (χ3n) is 2.27. The van der Waals surface area contributed by atoms with Crippen molar-refractivity contribution >= 4 is 17.3 Å². The van der Waals surface area contributed by atoms with Crippen molar-refractivity contribution in [3.05, 3.63) is 33.9 Å². The Hall–Kier alpha value is -1.73. The van der Waals surface area contributed by atoms with Crippen molar-refractivity contribution in [3.63, 3.8) is 0 Å². The van der Waals surface area contributed by atoms with Crippen molar-refractivity contribution in [2.45, 2.75) is 26.4 Å². The number of carbonyl (C=O) groups is 1. The molecule has 0 saturated heterocycles. The first-order chi connectivity index (χ1) is 8.69. The van der Waals surface area contributed by atoms with E-state index in [0.29, 0.717) is 24.7 Å². The highest BCUT2D eigenvalue weighted by Crippen LogP contribution is 2.09. The van der Waals surface area contributed by atoms with E-state index in [0.717, 1.165) is 23.5 Å². The van der Waals surface area contributed by atoms with Gasteiger partial charge >= 0.3 is 5.97 Å². The van der Waals surface area contributed by atoms with Crippen molar-refractivity contribution in [1.82, 2.24) is 15.3 Å². The van der Waals surface area contributed by atoms with Crippen LogP contribution in [0.25, 0.3) is 0 Å². The molecule has 0 aliphatic carbocycles. The van der Waals surface area contributed by atoms with Gasteiger partial charge in [-0.15, -0.1) is 11.3 Å². The van der Waals surface area contributed by atoms with E-state index in [1.165, 1.54) is 0 Å². The first kappa shape index (κ1) is 12.7. The van der Waals surface area contributed by atoms with Gasteiger partial charge in [0, 0.05) is 18.3 Å². The van der Waals surface area contributed by atoms with E-state index in [9.17, 15) is 4.79 Å². The van der Waals surface area contributed by atoms with Crippen molar-refractivity contribution in [2.75, 3.05) is 0 Å². The summed E-state index contributed by atoms with van der Waals surface area (Å²) in [6, 6.07) is 0. The summed E-state index contributed by atoms with van der Waals surface area (Å²) in [5.74, 6) is 0.487. The van der Waals surface area contributed by atoms with Crippen LogP contribution < -0.4 is 5.32 Å². The van der Waals surface area contributed by atoms with Gasteiger partial charge in [0.15, 0.2) is 0 Å². The fourth-order valence-corrected chi connectivity index (χ4v) is 2.03. The van der Waals surface area contributed by atoms with Gasteiger partial charge in [0.25, 0.3) is 0 Å². The summed E-state index contributed by atoms with van der Waals surface area (Å²) in [5, 5.41) is 13.7. The minimum Gasteiger partial charge on any atom is -0.476 e. The zero-order valence-electron chi connectivity index (χ0n) is 9.84. The third-order valence-corrected chi connectivity index (χ3v) is 3.15. The predicted molar refractivity (Wildman–Crippen MR) is 65.5 cm³/mol. The summed E-state index contributed by atoms with van der Waals surface area (Å²) in [6.07, 6.45) is 2.53. The quantitative estimate of drug-likeness (QED) is 0.828. The van der Waals surface area contributed by atoms with Crippen LogP contribution in [0.5, 0.6) is 0 Å².